The molecule has 3 N–H and O–H groups in total. The number of hydrogen-bond donors (Lipinski definition) is 2. The van der Waals surface area contributed by atoms with Crippen molar-refractivity contribution in [1.82, 2.24) is 0 Å². The summed E-state index contributed by atoms with van der Waals surface area (Å²) >= 11 is 0. The molecule has 9 nitrogen and oxygen atoms in total. The molecular weight excluding hydrogens is 1170 g/mol. The maximum atomic E-state index is 12.8. The highest BCUT2D eigenvalue weighted by atomic mass is 31.2. The molecule has 2 unspecified atom stereocenters. The highest BCUT2D eigenvalue weighted by Crippen LogP contribution is 2.43. The Balaban J connectivity index is 3.94. The highest BCUT2D eigenvalue weighted by Gasteiger charge is 2.26. The summed E-state index contributed by atoms with van der Waals surface area (Å²) in [7, 11) is -4.41. The smallest absolute Gasteiger partial charge is 0.462 e. The van der Waals surface area contributed by atoms with Crippen molar-refractivity contribution in [3.63, 3.8) is 0 Å². The van der Waals surface area contributed by atoms with Crippen LogP contribution in [0.2, 0.25) is 0 Å². The summed E-state index contributed by atoms with van der Waals surface area (Å²) in [4.78, 5) is 35.4. The van der Waals surface area contributed by atoms with Gasteiger partial charge in [-0.2, -0.15) is 0 Å². The Morgan fingerprint density at radius 3 is 0.903 bits per heavy atom. The number of ether oxygens (including phenoxy) is 2. The van der Waals surface area contributed by atoms with Crippen molar-refractivity contribution in [1.29, 1.82) is 0 Å². The van der Waals surface area contributed by atoms with E-state index in [-0.39, 0.29) is 38.6 Å². The van der Waals surface area contributed by atoms with Crippen molar-refractivity contribution in [3.05, 3.63) is 146 Å². The van der Waals surface area contributed by atoms with Gasteiger partial charge in [0.15, 0.2) is 6.10 Å². The highest BCUT2D eigenvalue weighted by molar-refractivity contribution is 7.47. The first-order chi connectivity index (χ1) is 45.8. The lowest BCUT2D eigenvalue weighted by Crippen LogP contribution is -2.29. The Morgan fingerprint density at radius 2 is 0.591 bits per heavy atom. The number of nitrogens with two attached hydrogens (primary N) is 1. The van der Waals surface area contributed by atoms with E-state index in [4.69, 9.17) is 24.3 Å². The van der Waals surface area contributed by atoms with Crippen LogP contribution in [0.1, 0.15) is 335 Å². The maximum Gasteiger partial charge on any atom is 0.472 e. The van der Waals surface area contributed by atoms with E-state index in [0.29, 0.717) is 6.42 Å². The number of unbranched alkanes of at least 4 members (excludes halogenated alkanes) is 34. The largest absolute Gasteiger partial charge is 0.472 e. The third kappa shape index (κ3) is 76.8. The quantitative estimate of drug-likeness (QED) is 0.0264. The molecule has 0 saturated heterocycles. The first kappa shape index (κ1) is 88.9. The zero-order valence-electron chi connectivity index (χ0n) is 59.9. The number of rotatable bonds is 71. The van der Waals surface area contributed by atoms with E-state index in [2.05, 4.69) is 160 Å². The van der Waals surface area contributed by atoms with E-state index >= 15 is 0 Å². The van der Waals surface area contributed by atoms with Gasteiger partial charge in [0.2, 0.25) is 0 Å². The van der Waals surface area contributed by atoms with E-state index < -0.39 is 26.5 Å². The molecule has 10 heteroatoms. The molecule has 0 aromatic carbocycles. The standard InChI is InChI=1S/C83H142NO8P/c1-3-5-7-9-11-13-15-17-19-21-23-25-27-29-31-33-35-37-39-40-42-44-46-48-50-52-54-56-58-60-62-64-66-68-70-72-74-76-83(86)92-81(80-91-93(87,88)90-78-77-84)79-89-82(85)75-73-71-69-67-65-63-61-59-57-55-53-51-49-47-45-43-41-38-36-34-32-30-28-26-24-22-20-18-16-14-12-10-8-6-4-2/h5,7,11,13,17,19,22-25,29,31,35,37,40,42,46,48,52,54,58,60,64,66,81H,3-4,6,8-10,12,14-16,18,20-21,26-28,30,32-34,36,38-39,41,43-45,47,49-51,53,55-57,59,61-63,65,67-80,84H2,1-2H3,(H,87,88)/b7-5-,13-11-,19-17-,24-22-,25-23-,31-29-,37-35-,42-40-,48-46-,54-52-,60-58-,66-64-. The number of hydrogen-bond acceptors (Lipinski definition) is 8. The monoisotopic (exact) mass is 1310 g/mol. The number of phosphoric ester groups is 1. The summed E-state index contributed by atoms with van der Waals surface area (Å²) in [6.07, 6.45) is 111. The fourth-order valence-electron chi connectivity index (χ4n) is 10.6. The van der Waals surface area contributed by atoms with E-state index in [0.717, 1.165) is 109 Å². The molecule has 0 rings (SSSR count). The van der Waals surface area contributed by atoms with Gasteiger partial charge < -0.3 is 20.1 Å². The molecule has 2 atom stereocenters. The van der Waals surface area contributed by atoms with Crippen LogP contribution in [0.5, 0.6) is 0 Å². The summed E-state index contributed by atoms with van der Waals surface area (Å²) < 4.78 is 33.2. The summed E-state index contributed by atoms with van der Waals surface area (Å²) in [6, 6.07) is 0. The van der Waals surface area contributed by atoms with Gasteiger partial charge in [0, 0.05) is 19.4 Å². The Morgan fingerprint density at radius 1 is 0.333 bits per heavy atom. The van der Waals surface area contributed by atoms with Crippen LogP contribution in [0, 0.1) is 0 Å². The van der Waals surface area contributed by atoms with Crippen LogP contribution in [0.25, 0.3) is 0 Å². The lowest BCUT2D eigenvalue weighted by molar-refractivity contribution is -0.161. The van der Waals surface area contributed by atoms with Gasteiger partial charge in [-0.1, -0.05) is 346 Å². The SMILES string of the molecule is CC/C=C\C/C=C\C/C=C\C/C=C\C/C=C\C/C=C\C/C=C\C/C=C\C/C=C\C/C=C\C/C=C\CCCCCC(=O)OC(COC(=O)CCCCCCCCCCCCCCCCCCCCCCCCC/C=C\CCCCCCCCCC)COP(=O)(O)OCCN. The van der Waals surface area contributed by atoms with Crippen LogP contribution < -0.4 is 5.73 Å². The molecule has 0 radical (unpaired) electrons. The van der Waals surface area contributed by atoms with Gasteiger partial charge in [-0.25, -0.2) is 4.57 Å². The second-order valence-electron chi connectivity index (χ2n) is 25.1. The Labute approximate surface area is 573 Å². The van der Waals surface area contributed by atoms with Crippen molar-refractivity contribution in [2.45, 2.75) is 341 Å². The van der Waals surface area contributed by atoms with Crippen LogP contribution in [-0.4, -0.2) is 49.3 Å². The van der Waals surface area contributed by atoms with Gasteiger partial charge >= 0.3 is 19.8 Å². The zero-order chi connectivity index (χ0) is 67.2. The average Bonchev–Trinajstić information content (AvgIpc) is 3.04. The average molecular weight is 1310 g/mol. The molecule has 0 aliphatic rings. The summed E-state index contributed by atoms with van der Waals surface area (Å²) in [5.74, 6) is -0.864. The molecule has 532 valence electrons. The fraction of sp³-hybridized carbons (Fsp3) is 0.687. The van der Waals surface area contributed by atoms with Gasteiger partial charge in [0.05, 0.1) is 13.2 Å². The number of carbonyl (C=O) groups excluding carboxylic acids is 2. The first-order valence-corrected chi connectivity index (χ1v) is 39.8. The Hall–Kier alpha value is -4.11. The van der Waals surface area contributed by atoms with Crippen LogP contribution in [0.15, 0.2) is 146 Å². The normalized spacial score (nSPS) is 13.7. The van der Waals surface area contributed by atoms with E-state index in [1.807, 2.05) is 0 Å². The minimum Gasteiger partial charge on any atom is -0.462 e. The zero-order valence-corrected chi connectivity index (χ0v) is 60.8. The topological polar surface area (TPSA) is 134 Å². The molecule has 0 saturated carbocycles. The molecule has 0 aliphatic heterocycles. The Kier molecular flexibility index (Phi) is 73.5. The molecule has 0 fully saturated rings. The van der Waals surface area contributed by atoms with Crippen molar-refractivity contribution in [2.75, 3.05) is 26.4 Å². The third-order valence-corrected chi connectivity index (χ3v) is 17.2. The summed E-state index contributed by atoms with van der Waals surface area (Å²) in [5, 5.41) is 0. The van der Waals surface area contributed by atoms with E-state index in [1.54, 1.807) is 0 Å². The second kappa shape index (κ2) is 76.9. The van der Waals surface area contributed by atoms with Crippen LogP contribution >= 0.6 is 7.82 Å². The molecule has 0 heterocycles. The van der Waals surface area contributed by atoms with Crippen LogP contribution in [-0.2, 0) is 32.7 Å². The second-order valence-corrected chi connectivity index (χ2v) is 26.6. The first-order valence-electron chi connectivity index (χ1n) is 38.3. The minimum atomic E-state index is -4.41. The fourth-order valence-corrected chi connectivity index (χ4v) is 11.3. The van der Waals surface area contributed by atoms with E-state index in [9.17, 15) is 19.0 Å². The lowest BCUT2D eigenvalue weighted by atomic mass is 10.0. The predicted molar refractivity (Wildman–Crippen MR) is 404 cm³/mol. The van der Waals surface area contributed by atoms with Gasteiger partial charge in [0.1, 0.15) is 6.61 Å². The van der Waals surface area contributed by atoms with Crippen LogP contribution in [0.4, 0.5) is 0 Å². The minimum absolute atomic E-state index is 0.0416. The summed E-state index contributed by atoms with van der Waals surface area (Å²) in [6.45, 7) is 3.61. The lowest BCUT2D eigenvalue weighted by Gasteiger charge is -2.19. The molecule has 0 amide bonds. The predicted octanol–water partition coefficient (Wildman–Crippen LogP) is 25.8. The number of allylic oxidation sites excluding steroid dienone is 24. The van der Waals surface area contributed by atoms with Gasteiger partial charge in [-0.15, -0.1) is 0 Å². The maximum absolute atomic E-state index is 12.8. The molecule has 0 aromatic heterocycles. The van der Waals surface area contributed by atoms with Crippen molar-refractivity contribution in [2.24, 2.45) is 5.73 Å². The number of carbonyl (C=O) groups is 2. The van der Waals surface area contributed by atoms with E-state index in [1.165, 1.54) is 193 Å². The van der Waals surface area contributed by atoms with Crippen molar-refractivity contribution in [3.8, 4) is 0 Å². The summed E-state index contributed by atoms with van der Waals surface area (Å²) in [5.41, 5.74) is 5.41. The van der Waals surface area contributed by atoms with Crippen molar-refractivity contribution < 1.29 is 37.6 Å². The number of esters is 2. The number of phosphoric acid groups is 1. The third-order valence-electron chi connectivity index (χ3n) is 16.2. The van der Waals surface area contributed by atoms with Crippen LogP contribution in [0.3, 0.4) is 0 Å². The van der Waals surface area contributed by atoms with Gasteiger partial charge in [-0.05, 0) is 122 Å². The molecule has 0 spiro atoms. The molecule has 0 aromatic rings. The van der Waals surface area contributed by atoms with Gasteiger partial charge in [-0.3, -0.25) is 18.6 Å². The van der Waals surface area contributed by atoms with Crippen molar-refractivity contribution >= 4 is 19.8 Å². The molecule has 0 bridgehead atoms. The van der Waals surface area contributed by atoms with Gasteiger partial charge in [0.25, 0.3) is 0 Å². The molecule has 93 heavy (non-hydrogen) atoms. The molecular formula is C83H142NO8P. The Bertz CT molecular complexity index is 2040. The molecule has 0 aliphatic carbocycles.